The highest BCUT2D eigenvalue weighted by molar-refractivity contribution is 5.27. The second kappa shape index (κ2) is 7.26. The Bertz CT molecular complexity index is 385. The molecule has 20 heavy (non-hydrogen) atoms. The van der Waals surface area contributed by atoms with Gasteiger partial charge in [0.15, 0.2) is 0 Å². The summed E-state index contributed by atoms with van der Waals surface area (Å²) in [5.74, 6) is 2.41. The second-order valence-corrected chi connectivity index (χ2v) is 6.78. The summed E-state index contributed by atoms with van der Waals surface area (Å²) in [6, 6.07) is 9.82. The van der Waals surface area contributed by atoms with Crippen LogP contribution in [-0.2, 0) is 0 Å². The van der Waals surface area contributed by atoms with Crippen molar-refractivity contribution in [2.45, 2.75) is 64.8 Å². The van der Waals surface area contributed by atoms with Gasteiger partial charge in [-0.15, -0.1) is 0 Å². The van der Waals surface area contributed by atoms with Crippen LogP contribution in [0.4, 0.5) is 0 Å². The third kappa shape index (κ3) is 3.63. The van der Waals surface area contributed by atoms with Crippen LogP contribution < -0.4 is 5.32 Å². The molecule has 1 fully saturated rings. The standard InChI is InChI=1S/C19H31N/c1-5-15-6-8-17(9-7-15)19(20-4)18-12-10-16(11-13-18)14(2)3/h10-15,17,19-20H,5-9H2,1-4H3. The first-order valence-electron chi connectivity index (χ1n) is 8.42. The molecular formula is C19H31N. The smallest absolute Gasteiger partial charge is 0.0346 e. The van der Waals surface area contributed by atoms with Gasteiger partial charge in [-0.1, -0.05) is 64.3 Å². The predicted octanol–water partition coefficient (Wildman–Crippen LogP) is 5.29. The van der Waals surface area contributed by atoms with Crippen molar-refractivity contribution in [3.63, 3.8) is 0 Å². The molecule has 0 radical (unpaired) electrons. The van der Waals surface area contributed by atoms with Crippen molar-refractivity contribution in [3.05, 3.63) is 35.4 Å². The molecule has 2 rings (SSSR count). The maximum absolute atomic E-state index is 3.57. The normalized spacial score (nSPS) is 24.9. The SMILES string of the molecule is CCC1CCC(C(NC)c2ccc(C(C)C)cc2)CC1. The van der Waals surface area contributed by atoms with E-state index < -0.39 is 0 Å². The Morgan fingerprint density at radius 2 is 1.55 bits per heavy atom. The highest BCUT2D eigenvalue weighted by atomic mass is 14.9. The molecule has 1 aliphatic carbocycles. The first-order chi connectivity index (χ1) is 9.65. The van der Waals surface area contributed by atoms with Crippen LogP contribution in [-0.4, -0.2) is 7.05 Å². The third-order valence-electron chi connectivity index (χ3n) is 5.21. The average Bonchev–Trinajstić information content (AvgIpc) is 2.49. The molecule has 0 heterocycles. The maximum Gasteiger partial charge on any atom is 0.0346 e. The summed E-state index contributed by atoms with van der Waals surface area (Å²) in [6.07, 6.45) is 6.97. The molecule has 1 heteroatoms. The van der Waals surface area contributed by atoms with E-state index in [0.717, 1.165) is 11.8 Å². The van der Waals surface area contributed by atoms with E-state index in [1.807, 2.05) is 0 Å². The van der Waals surface area contributed by atoms with Crippen LogP contribution in [0.1, 0.15) is 76.0 Å². The molecule has 0 spiro atoms. The van der Waals surface area contributed by atoms with Crippen molar-refractivity contribution < 1.29 is 0 Å². The van der Waals surface area contributed by atoms with Gasteiger partial charge in [-0.3, -0.25) is 0 Å². The van der Waals surface area contributed by atoms with Gasteiger partial charge in [-0.05, 0) is 48.8 Å². The third-order valence-corrected chi connectivity index (χ3v) is 5.21. The van der Waals surface area contributed by atoms with E-state index in [1.54, 1.807) is 0 Å². The molecule has 1 saturated carbocycles. The van der Waals surface area contributed by atoms with Gasteiger partial charge in [0.25, 0.3) is 0 Å². The molecule has 1 unspecified atom stereocenters. The van der Waals surface area contributed by atoms with Crippen molar-refractivity contribution in [2.24, 2.45) is 11.8 Å². The molecule has 0 aliphatic heterocycles. The topological polar surface area (TPSA) is 12.0 Å². The van der Waals surface area contributed by atoms with Crippen molar-refractivity contribution in [1.82, 2.24) is 5.32 Å². The second-order valence-electron chi connectivity index (χ2n) is 6.78. The minimum Gasteiger partial charge on any atom is -0.313 e. The molecule has 0 bridgehead atoms. The van der Waals surface area contributed by atoms with Gasteiger partial charge < -0.3 is 5.32 Å². The largest absolute Gasteiger partial charge is 0.313 e. The predicted molar refractivity (Wildman–Crippen MR) is 88.1 cm³/mol. The summed E-state index contributed by atoms with van der Waals surface area (Å²) >= 11 is 0. The van der Waals surface area contributed by atoms with Crippen LogP contribution in [0, 0.1) is 11.8 Å². The Morgan fingerprint density at radius 3 is 2.00 bits per heavy atom. The summed E-state index contributed by atoms with van der Waals surface area (Å²) in [7, 11) is 2.12. The Labute approximate surface area is 125 Å². The van der Waals surface area contributed by atoms with E-state index in [1.165, 1.54) is 43.2 Å². The quantitative estimate of drug-likeness (QED) is 0.769. The van der Waals surface area contributed by atoms with E-state index in [0.29, 0.717) is 12.0 Å². The van der Waals surface area contributed by atoms with E-state index in [4.69, 9.17) is 0 Å². The lowest BCUT2D eigenvalue weighted by atomic mass is 9.76. The van der Waals surface area contributed by atoms with Gasteiger partial charge in [-0.25, -0.2) is 0 Å². The molecule has 112 valence electrons. The molecular weight excluding hydrogens is 242 g/mol. The van der Waals surface area contributed by atoms with Gasteiger partial charge in [-0.2, -0.15) is 0 Å². The number of hydrogen-bond acceptors (Lipinski definition) is 1. The Morgan fingerprint density at radius 1 is 1.00 bits per heavy atom. The van der Waals surface area contributed by atoms with Crippen LogP contribution in [0.25, 0.3) is 0 Å². The summed E-state index contributed by atoms with van der Waals surface area (Å²) in [4.78, 5) is 0. The lowest BCUT2D eigenvalue weighted by Crippen LogP contribution is -2.28. The zero-order chi connectivity index (χ0) is 14.5. The van der Waals surface area contributed by atoms with Crippen LogP contribution in [0.3, 0.4) is 0 Å². The Hall–Kier alpha value is -0.820. The van der Waals surface area contributed by atoms with Crippen LogP contribution in [0.2, 0.25) is 0 Å². The molecule has 0 amide bonds. The van der Waals surface area contributed by atoms with Crippen LogP contribution in [0.15, 0.2) is 24.3 Å². The fraction of sp³-hybridized carbons (Fsp3) is 0.684. The maximum atomic E-state index is 3.57. The minimum absolute atomic E-state index is 0.536. The highest BCUT2D eigenvalue weighted by Gasteiger charge is 2.27. The van der Waals surface area contributed by atoms with Crippen molar-refractivity contribution in [1.29, 1.82) is 0 Å². The Balaban J connectivity index is 2.04. The molecule has 1 aromatic rings. The fourth-order valence-electron chi connectivity index (χ4n) is 3.69. The molecule has 0 saturated heterocycles. The molecule has 1 atom stereocenters. The first kappa shape index (κ1) is 15.6. The number of nitrogens with one attached hydrogen (secondary N) is 1. The van der Waals surface area contributed by atoms with Gasteiger partial charge in [0.05, 0.1) is 0 Å². The van der Waals surface area contributed by atoms with E-state index in [-0.39, 0.29) is 0 Å². The van der Waals surface area contributed by atoms with Gasteiger partial charge in [0.1, 0.15) is 0 Å². The monoisotopic (exact) mass is 273 g/mol. The lowest BCUT2D eigenvalue weighted by molar-refractivity contribution is 0.224. The average molecular weight is 273 g/mol. The highest BCUT2D eigenvalue weighted by Crippen LogP contribution is 2.37. The molecule has 1 nitrogen and oxygen atoms in total. The summed E-state index contributed by atoms with van der Waals surface area (Å²) in [6.45, 7) is 6.86. The van der Waals surface area contributed by atoms with E-state index >= 15 is 0 Å². The molecule has 1 N–H and O–H groups in total. The molecule has 1 aliphatic rings. The number of benzene rings is 1. The summed E-state index contributed by atoms with van der Waals surface area (Å²) < 4.78 is 0. The van der Waals surface area contributed by atoms with Gasteiger partial charge >= 0.3 is 0 Å². The first-order valence-corrected chi connectivity index (χ1v) is 8.42. The van der Waals surface area contributed by atoms with Gasteiger partial charge in [0.2, 0.25) is 0 Å². The molecule has 1 aromatic carbocycles. The summed E-state index contributed by atoms with van der Waals surface area (Å²) in [5.41, 5.74) is 2.91. The van der Waals surface area contributed by atoms with Crippen molar-refractivity contribution >= 4 is 0 Å². The van der Waals surface area contributed by atoms with Crippen LogP contribution in [0.5, 0.6) is 0 Å². The number of hydrogen-bond donors (Lipinski definition) is 1. The fourth-order valence-corrected chi connectivity index (χ4v) is 3.69. The van der Waals surface area contributed by atoms with E-state index in [2.05, 4.69) is 57.4 Å². The van der Waals surface area contributed by atoms with Gasteiger partial charge in [0, 0.05) is 6.04 Å². The lowest BCUT2D eigenvalue weighted by Gasteiger charge is -2.34. The Kier molecular flexibility index (Phi) is 5.65. The zero-order valence-electron chi connectivity index (χ0n) is 13.7. The van der Waals surface area contributed by atoms with Crippen molar-refractivity contribution in [2.75, 3.05) is 7.05 Å². The zero-order valence-corrected chi connectivity index (χ0v) is 13.7. The summed E-state index contributed by atoms with van der Waals surface area (Å²) in [5, 5.41) is 3.57. The minimum atomic E-state index is 0.536. The van der Waals surface area contributed by atoms with Crippen LogP contribution >= 0.6 is 0 Å². The van der Waals surface area contributed by atoms with E-state index in [9.17, 15) is 0 Å². The molecule has 0 aromatic heterocycles. The van der Waals surface area contributed by atoms with Crippen molar-refractivity contribution in [3.8, 4) is 0 Å². The number of rotatable bonds is 5.